The highest BCUT2D eigenvalue weighted by molar-refractivity contribution is 5.26. The van der Waals surface area contributed by atoms with Crippen molar-refractivity contribution >= 4 is 0 Å². The number of nitrogens with two attached hydrogens (primary N) is 1. The maximum Gasteiger partial charge on any atom is 0.0654 e. The van der Waals surface area contributed by atoms with Crippen LogP contribution in [0, 0.1) is 17.8 Å². The normalized spacial score (nSPS) is 28.5. The topological polar surface area (TPSA) is 66.5 Å². The zero-order valence-electron chi connectivity index (χ0n) is 18.2. The van der Waals surface area contributed by atoms with Gasteiger partial charge in [0.2, 0.25) is 0 Å². The van der Waals surface area contributed by atoms with Gasteiger partial charge in [0.25, 0.3) is 0 Å². The summed E-state index contributed by atoms with van der Waals surface area (Å²) in [7, 11) is 0. The van der Waals surface area contributed by atoms with Crippen LogP contribution < -0.4 is 5.73 Å². The van der Waals surface area contributed by atoms with Gasteiger partial charge in [-0.05, 0) is 68.4 Å². The molecule has 2 aliphatic rings. The molecule has 3 nitrogen and oxygen atoms in total. The van der Waals surface area contributed by atoms with Crippen LogP contribution in [0.2, 0.25) is 0 Å². The Kier molecular flexibility index (Phi) is 7.72. The minimum absolute atomic E-state index is 0.219. The Morgan fingerprint density at radius 1 is 1.24 bits per heavy atom. The number of benzene rings is 1. The lowest BCUT2D eigenvalue weighted by Crippen LogP contribution is -2.23. The van der Waals surface area contributed by atoms with E-state index in [-0.39, 0.29) is 12.0 Å². The molecule has 29 heavy (non-hydrogen) atoms. The maximum absolute atomic E-state index is 10.6. The molecule has 1 aromatic carbocycles. The SMILES string of the molecule is CCCC[C@](C)(O)CC=C[C@@H]1[C@H]2CC(CCc3cccc(CN)c3)=C[C@H]2C[C@H]1O. The van der Waals surface area contributed by atoms with Crippen molar-refractivity contribution in [3.63, 3.8) is 0 Å². The standard InChI is InChI=1S/C26H39NO2/c1-3-4-12-26(2,29)13-6-9-23-24-16-20(15-22(24)17-25(23)28)11-10-19-7-5-8-21(14-19)18-27/h5-9,14-15,22-25,28-29H,3-4,10-13,16-18,27H2,1-2H3/t22-,23+,24-,25+,26-/m0/s1. The second-order valence-electron chi connectivity index (χ2n) is 9.49. The number of hydrogen-bond acceptors (Lipinski definition) is 3. The monoisotopic (exact) mass is 397 g/mol. The van der Waals surface area contributed by atoms with Gasteiger partial charge in [-0.2, -0.15) is 0 Å². The third kappa shape index (κ3) is 6.04. The van der Waals surface area contributed by atoms with Crippen molar-refractivity contribution in [3.8, 4) is 0 Å². The van der Waals surface area contributed by atoms with E-state index in [0.29, 0.717) is 24.8 Å². The van der Waals surface area contributed by atoms with E-state index in [9.17, 15) is 10.2 Å². The van der Waals surface area contributed by atoms with Crippen LogP contribution >= 0.6 is 0 Å². The van der Waals surface area contributed by atoms with Gasteiger partial charge in [0.15, 0.2) is 0 Å². The molecule has 1 fully saturated rings. The second kappa shape index (κ2) is 10.1. The fraction of sp³-hybridized carbons (Fsp3) is 0.615. The summed E-state index contributed by atoms with van der Waals surface area (Å²) in [6, 6.07) is 8.59. The van der Waals surface area contributed by atoms with Gasteiger partial charge in [-0.15, -0.1) is 0 Å². The molecule has 1 aromatic rings. The molecular formula is C26H39NO2. The highest BCUT2D eigenvalue weighted by Gasteiger charge is 2.43. The number of rotatable bonds is 10. The molecular weight excluding hydrogens is 358 g/mol. The van der Waals surface area contributed by atoms with Crippen LogP contribution in [0.25, 0.3) is 0 Å². The van der Waals surface area contributed by atoms with Crippen LogP contribution in [0.5, 0.6) is 0 Å². The number of aryl methyl sites for hydroxylation is 1. The van der Waals surface area contributed by atoms with Crippen LogP contribution in [-0.2, 0) is 13.0 Å². The molecule has 0 bridgehead atoms. The van der Waals surface area contributed by atoms with Crippen molar-refractivity contribution in [3.05, 3.63) is 59.2 Å². The smallest absolute Gasteiger partial charge is 0.0654 e. The zero-order chi connectivity index (χ0) is 20.9. The first-order chi connectivity index (χ1) is 13.9. The van der Waals surface area contributed by atoms with E-state index in [1.165, 1.54) is 11.1 Å². The number of unbranched alkanes of at least 4 members (excludes halogenated alkanes) is 1. The van der Waals surface area contributed by atoms with Crippen molar-refractivity contribution in [2.45, 2.75) is 83.5 Å². The third-order valence-corrected chi connectivity index (χ3v) is 6.90. The fourth-order valence-electron chi connectivity index (χ4n) is 5.15. The Labute approximate surface area is 176 Å². The molecule has 5 atom stereocenters. The summed E-state index contributed by atoms with van der Waals surface area (Å²) in [6.07, 6.45) is 14.3. The van der Waals surface area contributed by atoms with Gasteiger partial charge in [-0.25, -0.2) is 0 Å². The van der Waals surface area contributed by atoms with E-state index in [2.05, 4.69) is 49.4 Å². The van der Waals surface area contributed by atoms with Gasteiger partial charge in [0.1, 0.15) is 0 Å². The van der Waals surface area contributed by atoms with E-state index in [1.807, 2.05) is 6.92 Å². The molecule has 160 valence electrons. The predicted octanol–water partition coefficient (Wildman–Crippen LogP) is 4.91. The Balaban J connectivity index is 1.53. The Morgan fingerprint density at radius 3 is 2.79 bits per heavy atom. The van der Waals surface area contributed by atoms with Crippen molar-refractivity contribution < 1.29 is 10.2 Å². The van der Waals surface area contributed by atoms with Crippen LogP contribution in [0.3, 0.4) is 0 Å². The Bertz CT molecular complexity index is 721. The summed E-state index contributed by atoms with van der Waals surface area (Å²) in [5.41, 5.74) is 9.22. The van der Waals surface area contributed by atoms with Gasteiger partial charge in [0.05, 0.1) is 11.7 Å². The van der Waals surface area contributed by atoms with E-state index in [4.69, 9.17) is 5.73 Å². The number of allylic oxidation sites excluding steroid dienone is 2. The Hall–Kier alpha value is -1.42. The van der Waals surface area contributed by atoms with Gasteiger partial charge in [0, 0.05) is 12.5 Å². The van der Waals surface area contributed by atoms with Crippen LogP contribution in [-0.4, -0.2) is 21.9 Å². The molecule has 0 heterocycles. The number of hydrogen-bond donors (Lipinski definition) is 3. The van der Waals surface area contributed by atoms with Gasteiger partial charge in [-0.3, -0.25) is 0 Å². The van der Waals surface area contributed by atoms with Crippen LogP contribution in [0.1, 0.15) is 69.9 Å². The molecule has 0 unspecified atom stereocenters. The number of aliphatic hydroxyl groups is 2. The van der Waals surface area contributed by atoms with Crippen molar-refractivity contribution in [1.29, 1.82) is 0 Å². The summed E-state index contributed by atoms with van der Waals surface area (Å²) in [6.45, 7) is 4.67. The summed E-state index contributed by atoms with van der Waals surface area (Å²) >= 11 is 0. The summed E-state index contributed by atoms with van der Waals surface area (Å²) in [4.78, 5) is 0. The molecule has 0 aliphatic heterocycles. The van der Waals surface area contributed by atoms with Gasteiger partial charge < -0.3 is 15.9 Å². The van der Waals surface area contributed by atoms with E-state index >= 15 is 0 Å². The van der Waals surface area contributed by atoms with Gasteiger partial charge >= 0.3 is 0 Å². The van der Waals surface area contributed by atoms with Gasteiger partial charge in [-0.1, -0.05) is 67.8 Å². The second-order valence-corrected chi connectivity index (χ2v) is 9.49. The first kappa shape index (κ1) is 22.3. The predicted molar refractivity (Wildman–Crippen MR) is 120 cm³/mol. The first-order valence-electron chi connectivity index (χ1n) is 11.5. The minimum Gasteiger partial charge on any atom is -0.392 e. The average Bonchev–Trinajstić information content (AvgIpc) is 3.22. The van der Waals surface area contributed by atoms with E-state index in [1.54, 1.807) is 5.57 Å². The van der Waals surface area contributed by atoms with Crippen molar-refractivity contribution in [2.24, 2.45) is 23.5 Å². The highest BCUT2D eigenvalue weighted by Crippen LogP contribution is 2.48. The molecule has 0 saturated heterocycles. The van der Waals surface area contributed by atoms with Crippen molar-refractivity contribution in [2.75, 3.05) is 0 Å². The quantitative estimate of drug-likeness (QED) is 0.492. The molecule has 0 aromatic heterocycles. The van der Waals surface area contributed by atoms with E-state index < -0.39 is 5.60 Å². The number of fused-ring (bicyclic) bond motifs is 1. The van der Waals surface area contributed by atoms with Crippen LogP contribution in [0.15, 0.2) is 48.1 Å². The largest absolute Gasteiger partial charge is 0.392 e. The molecule has 2 aliphatic carbocycles. The van der Waals surface area contributed by atoms with E-state index in [0.717, 1.165) is 44.9 Å². The lowest BCUT2D eigenvalue weighted by molar-refractivity contribution is 0.0513. The molecule has 3 heteroatoms. The molecule has 0 amide bonds. The summed E-state index contributed by atoms with van der Waals surface area (Å²) in [5, 5.41) is 21.1. The van der Waals surface area contributed by atoms with Crippen LogP contribution in [0.4, 0.5) is 0 Å². The zero-order valence-corrected chi connectivity index (χ0v) is 18.2. The summed E-state index contributed by atoms with van der Waals surface area (Å²) in [5.74, 6) is 1.24. The Morgan fingerprint density at radius 2 is 2.03 bits per heavy atom. The number of aliphatic hydroxyl groups excluding tert-OH is 1. The molecule has 4 N–H and O–H groups in total. The molecule has 0 spiro atoms. The first-order valence-corrected chi connectivity index (χ1v) is 11.5. The highest BCUT2D eigenvalue weighted by atomic mass is 16.3. The average molecular weight is 398 g/mol. The summed E-state index contributed by atoms with van der Waals surface area (Å²) < 4.78 is 0. The lowest BCUT2D eigenvalue weighted by Gasteiger charge is -2.22. The lowest BCUT2D eigenvalue weighted by atomic mass is 9.87. The molecule has 0 radical (unpaired) electrons. The minimum atomic E-state index is -0.632. The fourth-order valence-corrected chi connectivity index (χ4v) is 5.15. The van der Waals surface area contributed by atoms with Crippen molar-refractivity contribution in [1.82, 2.24) is 0 Å². The molecule has 1 saturated carbocycles. The third-order valence-electron chi connectivity index (χ3n) is 6.90. The maximum atomic E-state index is 10.6. The molecule has 3 rings (SSSR count).